The van der Waals surface area contributed by atoms with Gasteiger partial charge < -0.3 is 4.90 Å². The summed E-state index contributed by atoms with van der Waals surface area (Å²) in [7, 11) is 1.79. The molecule has 0 aliphatic heterocycles. The minimum absolute atomic E-state index is 0.0735. The Bertz CT molecular complexity index is 552. The van der Waals surface area contributed by atoms with Crippen molar-refractivity contribution >= 4 is 33.2 Å². The van der Waals surface area contributed by atoms with Gasteiger partial charge >= 0.3 is 0 Å². The van der Waals surface area contributed by atoms with E-state index in [1.54, 1.807) is 34.2 Å². The summed E-state index contributed by atoms with van der Waals surface area (Å²) < 4.78 is 2.48. The predicted octanol–water partition coefficient (Wildman–Crippen LogP) is 2.44. The second kappa shape index (κ2) is 6.29. The molecule has 0 radical (unpaired) electrons. The smallest absolute Gasteiger partial charge is 0.275 e. The Hall–Kier alpha value is -1.21. The van der Waals surface area contributed by atoms with Crippen molar-refractivity contribution in [2.24, 2.45) is 0 Å². The average molecular weight is 343 g/mol. The molecule has 2 rings (SSSR count). The summed E-state index contributed by atoms with van der Waals surface area (Å²) in [6.07, 6.45) is 4.37. The Kier molecular flexibility index (Phi) is 4.71. The van der Waals surface area contributed by atoms with Gasteiger partial charge in [0.05, 0.1) is 9.48 Å². The molecule has 0 atom stereocenters. The van der Waals surface area contributed by atoms with Crippen LogP contribution in [0.5, 0.6) is 0 Å². The van der Waals surface area contributed by atoms with Crippen molar-refractivity contribution in [3.63, 3.8) is 0 Å². The van der Waals surface area contributed by atoms with Crippen molar-refractivity contribution in [1.82, 2.24) is 19.7 Å². The highest BCUT2D eigenvalue weighted by atomic mass is 79.9. The minimum atomic E-state index is -0.0735. The molecule has 2 aromatic rings. The molecule has 5 nitrogen and oxygen atoms in total. The molecular formula is C12H15BrN4OS. The van der Waals surface area contributed by atoms with E-state index in [1.807, 2.05) is 18.5 Å². The fourth-order valence-electron chi connectivity index (χ4n) is 1.63. The molecule has 0 bridgehead atoms. The van der Waals surface area contributed by atoms with E-state index >= 15 is 0 Å². The summed E-state index contributed by atoms with van der Waals surface area (Å²) in [6, 6.07) is 0. The Labute approximate surface area is 124 Å². The molecule has 0 saturated heterocycles. The lowest BCUT2D eigenvalue weighted by Gasteiger charge is -2.15. The first kappa shape index (κ1) is 14.2. The van der Waals surface area contributed by atoms with E-state index in [9.17, 15) is 4.79 Å². The van der Waals surface area contributed by atoms with Gasteiger partial charge in [-0.15, -0.1) is 11.3 Å². The molecule has 2 heterocycles. The first-order chi connectivity index (χ1) is 9.11. The maximum absolute atomic E-state index is 12.3. The van der Waals surface area contributed by atoms with Gasteiger partial charge in [-0.2, -0.15) is 5.10 Å². The molecule has 2 aromatic heterocycles. The summed E-state index contributed by atoms with van der Waals surface area (Å²) in [6.45, 7) is 3.37. The van der Waals surface area contributed by atoms with Crippen molar-refractivity contribution in [3.05, 3.63) is 32.9 Å². The molecule has 0 aliphatic carbocycles. The Balaban J connectivity index is 1.99. The molecule has 0 aromatic carbocycles. The van der Waals surface area contributed by atoms with Gasteiger partial charge in [0.15, 0.2) is 5.69 Å². The van der Waals surface area contributed by atoms with E-state index in [2.05, 4.69) is 26.0 Å². The van der Waals surface area contributed by atoms with Crippen molar-refractivity contribution in [1.29, 1.82) is 0 Å². The zero-order valence-electron chi connectivity index (χ0n) is 10.8. The average Bonchev–Trinajstić information content (AvgIpc) is 3.04. The lowest BCUT2D eigenvalue weighted by Crippen LogP contribution is -2.29. The largest absolute Gasteiger partial charge is 0.340 e. The van der Waals surface area contributed by atoms with Crippen LogP contribution in [-0.4, -0.2) is 39.2 Å². The number of hydrogen-bond donors (Lipinski definition) is 0. The van der Waals surface area contributed by atoms with E-state index in [0.29, 0.717) is 12.2 Å². The zero-order valence-corrected chi connectivity index (χ0v) is 13.2. The van der Waals surface area contributed by atoms with Gasteiger partial charge in [0.2, 0.25) is 0 Å². The van der Waals surface area contributed by atoms with E-state index in [0.717, 1.165) is 22.4 Å². The summed E-state index contributed by atoms with van der Waals surface area (Å²) in [5, 5.41) is 7.24. The number of carbonyl (C=O) groups is 1. The van der Waals surface area contributed by atoms with Crippen LogP contribution in [0.4, 0.5) is 0 Å². The molecule has 19 heavy (non-hydrogen) atoms. The van der Waals surface area contributed by atoms with Crippen molar-refractivity contribution in [2.45, 2.75) is 19.9 Å². The first-order valence-corrected chi connectivity index (χ1v) is 7.66. The highest BCUT2D eigenvalue weighted by Gasteiger charge is 2.18. The number of nitrogens with zero attached hydrogens (tertiary/aromatic N) is 4. The normalized spacial score (nSPS) is 10.7. The quantitative estimate of drug-likeness (QED) is 0.838. The van der Waals surface area contributed by atoms with Gasteiger partial charge in [-0.25, -0.2) is 4.98 Å². The van der Waals surface area contributed by atoms with Crippen LogP contribution in [0.1, 0.15) is 22.4 Å². The fourth-order valence-corrected chi connectivity index (χ4v) is 2.72. The molecule has 1 amide bonds. The number of likely N-dealkylation sites (N-methyl/N-ethyl adjacent to an activating group) is 1. The fraction of sp³-hybridized carbons (Fsp3) is 0.417. The molecule has 0 unspecified atom stereocenters. The SMILES string of the molecule is CCn1cc(Br)c(C(=O)N(C)CCc2nccs2)n1. The molecule has 0 N–H and O–H groups in total. The topological polar surface area (TPSA) is 51.0 Å². The van der Waals surface area contributed by atoms with Crippen LogP contribution in [0.3, 0.4) is 0 Å². The van der Waals surface area contributed by atoms with Crippen molar-refractivity contribution in [3.8, 4) is 0 Å². The van der Waals surface area contributed by atoms with Crippen LogP contribution >= 0.6 is 27.3 Å². The van der Waals surface area contributed by atoms with Crippen molar-refractivity contribution in [2.75, 3.05) is 13.6 Å². The lowest BCUT2D eigenvalue weighted by atomic mass is 10.3. The number of rotatable bonds is 5. The molecule has 0 fully saturated rings. The van der Waals surface area contributed by atoms with Gasteiger partial charge in [-0.1, -0.05) is 0 Å². The van der Waals surface area contributed by atoms with Crippen LogP contribution in [0.15, 0.2) is 22.2 Å². The summed E-state index contributed by atoms with van der Waals surface area (Å²) in [4.78, 5) is 18.1. The highest BCUT2D eigenvalue weighted by Crippen LogP contribution is 2.16. The number of halogens is 1. The third kappa shape index (κ3) is 3.42. The van der Waals surface area contributed by atoms with Gasteiger partial charge in [0, 0.05) is 44.3 Å². The maximum Gasteiger partial charge on any atom is 0.275 e. The highest BCUT2D eigenvalue weighted by molar-refractivity contribution is 9.10. The summed E-state index contributed by atoms with van der Waals surface area (Å²) >= 11 is 4.98. The van der Waals surface area contributed by atoms with Gasteiger partial charge in [-0.05, 0) is 22.9 Å². The number of carbonyl (C=O) groups excluding carboxylic acids is 1. The van der Waals surface area contributed by atoms with Crippen LogP contribution in [0, 0.1) is 0 Å². The van der Waals surface area contributed by atoms with E-state index in [1.165, 1.54) is 0 Å². The van der Waals surface area contributed by atoms with Crippen LogP contribution in [-0.2, 0) is 13.0 Å². The van der Waals surface area contributed by atoms with Crippen LogP contribution < -0.4 is 0 Å². The Morgan fingerprint density at radius 3 is 2.95 bits per heavy atom. The molecule has 7 heteroatoms. The van der Waals surface area contributed by atoms with Crippen LogP contribution in [0.2, 0.25) is 0 Å². The summed E-state index contributed by atoms with van der Waals surface area (Å²) in [5.74, 6) is -0.0735. The van der Waals surface area contributed by atoms with Crippen molar-refractivity contribution < 1.29 is 4.79 Å². The second-order valence-electron chi connectivity index (χ2n) is 4.08. The monoisotopic (exact) mass is 342 g/mol. The second-order valence-corrected chi connectivity index (χ2v) is 5.92. The molecular weight excluding hydrogens is 328 g/mol. The molecule has 0 saturated carbocycles. The lowest BCUT2D eigenvalue weighted by molar-refractivity contribution is 0.0789. The van der Waals surface area contributed by atoms with Crippen LogP contribution in [0.25, 0.3) is 0 Å². The van der Waals surface area contributed by atoms with E-state index in [-0.39, 0.29) is 5.91 Å². The van der Waals surface area contributed by atoms with Gasteiger partial charge in [0.25, 0.3) is 5.91 Å². The zero-order chi connectivity index (χ0) is 13.8. The third-order valence-electron chi connectivity index (χ3n) is 2.73. The van der Waals surface area contributed by atoms with Gasteiger partial charge in [-0.3, -0.25) is 9.48 Å². The number of aromatic nitrogens is 3. The number of hydrogen-bond acceptors (Lipinski definition) is 4. The summed E-state index contributed by atoms with van der Waals surface area (Å²) in [5.41, 5.74) is 0.462. The standard InChI is InChI=1S/C12H15BrN4OS/c1-3-17-8-9(13)11(15-17)12(18)16(2)6-4-10-14-5-7-19-10/h5,7-8H,3-4,6H2,1-2H3. The maximum atomic E-state index is 12.3. The van der Waals surface area contributed by atoms with Gasteiger partial charge in [0.1, 0.15) is 0 Å². The molecule has 102 valence electrons. The van der Waals surface area contributed by atoms with E-state index in [4.69, 9.17) is 0 Å². The predicted molar refractivity (Wildman–Crippen MR) is 78.4 cm³/mol. The Morgan fingerprint density at radius 1 is 1.58 bits per heavy atom. The third-order valence-corrected chi connectivity index (χ3v) is 4.15. The van der Waals surface area contributed by atoms with E-state index < -0.39 is 0 Å². The first-order valence-electron chi connectivity index (χ1n) is 5.98. The molecule has 0 spiro atoms. The Morgan fingerprint density at radius 2 is 2.37 bits per heavy atom. The minimum Gasteiger partial charge on any atom is -0.340 e. The molecule has 0 aliphatic rings. The number of aryl methyl sites for hydroxylation is 1. The number of amides is 1. The number of thiazole rings is 1.